The highest BCUT2D eigenvalue weighted by Crippen LogP contribution is 2.20. The molecule has 0 spiro atoms. The third-order valence-electron chi connectivity index (χ3n) is 6.74. The fourth-order valence-electron chi connectivity index (χ4n) is 4.36. The first-order valence-corrected chi connectivity index (χ1v) is 14.5. The molecule has 2 aromatic carbocycles. The van der Waals surface area contributed by atoms with Crippen molar-refractivity contribution in [1.82, 2.24) is 20.9 Å². The van der Waals surface area contributed by atoms with Crippen LogP contribution < -0.4 is 16.0 Å². The molecule has 3 N–H and O–H groups in total. The van der Waals surface area contributed by atoms with E-state index in [0.717, 1.165) is 17.7 Å². The Morgan fingerprint density at radius 1 is 0.884 bits per heavy atom. The van der Waals surface area contributed by atoms with E-state index in [0.29, 0.717) is 5.56 Å². The largest absolute Gasteiger partial charge is 0.483 e. The monoisotopic (exact) mass is 593 g/mol. The Kier molecular flexibility index (Phi) is 13.1. The van der Waals surface area contributed by atoms with Crippen molar-refractivity contribution in [3.63, 3.8) is 0 Å². The zero-order valence-corrected chi connectivity index (χ0v) is 26.9. The van der Waals surface area contributed by atoms with Gasteiger partial charge in [0.15, 0.2) is 0 Å². The molecule has 0 bridgehead atoms. The van der Waals surface area contributed by atoms with Gasteiger partial charge in [0.2, 0.25) is 17.6 Å². The van der Waals surface area contributed by atoms with E-state index in [9.17, 15) is 19.2 Å². The van der Waals surface area contributed by atoms with Crippen LogP contribution in [0, 0.1) is 11.3 Å². The molecule has 0 fully saturated rings. The van der Waals surface area contributed by atoms with Crippen LogP contribution in [0.25, 0.3) is 0 Å². The molecule has 0 radical (unpaired) electrons. The molecule has 10 nitrogen and oxygen atoms in total. The maximum Gasteiger partial charge on any atom is 0.289 e. The summed E-state index contributed by atoms with van der Waals surface area (Å²) in [6.45, 7) is 11.8. The first-order chi connectivity index (χ1) is 20.1. The van der Waals surface area contributed by atoms with E-state index >= 15 is 0 Å². The molecule has 0 heterocycles. The molecule has 0 saturated carbocycles. The SMILES string of the molecule is COC(=N[C@H](C(=O)C(=O)NCc1ccc(CN(C)C)cc1)C(C)C)[C@H](C)NC(=O)[C@@H](NC(=O)c1ccccc1)C(C)(C)C. The Hall–Kier alpha value is -4.05. The van der Waals surface area contributed by atoms with Gasteiger partial charge in [0, 0.05) is 18.7 Å². The molecule has 3 atom stereocenters. The van der Waals surface area contributed by atoms with Crippen LogP contribution in [0.4, 0.5) is 0 Å². The minimum atomic E-state index is -1.02. The summed E-state index contributed by atoms with van der Waals surface area (Å²) in [7, 11) is 5.38. The summed E-state index contributed by atoms with van der Waals surface area (Å²) in [4.78, 5) is 58.7. The number of aliphatic imine (C=N–C) groups is 1. The molecule has 0 aliphatic heterocycles. The van der Waals surface area contributed by atoms with Crippen molar-refractivity contribution < 1.29 is 23.9 Å². The van der Waals surface area contributed by atoms with Gasteiger partial charge in [0.1, 0.15) is 18.1 Å². The number of Topliss-reactive ketones (excluding diaryl/α,β-unsaturated/α-hetero) is 1. The minimum absolute atomic E-state index is 0.0896. The second-order valence-electron chi connectivity index (χ2n) is 12.3. The van der Waals surface area contributed by atoms with E-state index in [1.54, 1.807) is 45.0 Å². The van der Waals surface area contributed by atoms with Crippen molar-refractivity contribution in [2.75, 3.05) is 21.2 Å². The second kappa shape index (κ2) is 16.0. The van der Waals surface area contributed by atoms with Gasteiger partial charge in [-0.2, -0.15) is 0 Å². The zero-order chi connectivity index (χ0) is 32.3. The lowest BCUT2D eigenvalue weighted by molar-refractivity contribution is -0.139. The van der Waals surface area contributed by atoms with E-state index in [-0.39, 0.29) is 24.3 Å². The molecular weight excluding hydrogens is 546 g/mol. The molecule has 0 saturated heterocycles. The number of benzene rings is 2. The maximum atomic E-state index is 13.4. The third kappa shape index (κ3) is 10.9. The number of ether oxygens (including phenoxy) is 1. The van der Waals surface area contributed by atoms with Crippen molar-refractivity contribution in [3.05, 3.63) is 71.3 Å². The van der Waals surface area contributed by atoms with Crippen LogP contribution in [-0.4, -0.2) is 73.6 Å². The van der Waals surface area contributed by atoms with Crippen molar-refractivity contribution in [3.8, 4) is 0 Å². The molecule has 10 heteroatoms. The molecule has 2 rings (SSSR count). The first kappa shape index (κ1) is 35.1. The zero-order valence-electron chi connectivity index (χ0n) is 26.9. The number of ketones is 1. The second-order valence-corrected chi connectivity index (χ2v) is 12.3. The summed E-state index contributed by atoms with van der Waals surface area (Å²) in [5.41, 5.74) is 1.84. The summed E-state index contributed by atoms with van der Waals surface area (Å²) in [6.07, 6.45) is 0. The average molecular weight is 594 g/mol. The summed E-state index contributed by atoms with van der Waals surface area (Å²) in [5.74, 6) is -2.48. The number of hydrogen-bond acceptors (Lipinski definition) is 7. The normalized spacial score (nSPS) is 14.1. The van der Waals surface area contributed by atoms with Gasteiger partial charge < -0.3 is 25.6 Å². The lowest BCUT2D eigenvalue weighted by Crippen LogP contribution is -2.56. The Morgan fingerprint density at radius 3 is 1.98 bits per heavy atom. The number of carbonyl (C=O) groups is 4. The Balaban J connectivity index is 2.12. The number of nitrogens with one attached hydrogen (secondary N) is 3. The third-order valence-corrected chi connectivity index (χ3v) is 6.74. The highest BCUT2D eigenvalue weighted by atomic mass is 16.5. The van der Waals surface area contributed by atoms with Crippen molar-refractivity contribution in [2.24, 2.45) is 16.3 Å². The van der Waals surface area contributed by atoms with Crippen LogP contribution >= 0.6 is 0 Å². The van der Waals surface area contributed by atoms with Gasteiger partial charge in [-0.3, -0.25) is 19.2 Å². The Labute approximate surface area is 255 Å². The summed E-state index contributed by atoms with van der Waals surface area (Å²) < 4.78 is 5.47. The standard InChI is InChI=1S/C33H47N5O5/c1-21(2)26(27(39)30(41)34-19-23-15-17-24(18-16-23)20-38(7)8)36-32(43-9)22(3)35-31(42)28(33(4,5)6)37-29(40)25-13-11-10-12-14-25/h10-18,21-22,26,28H,19-20H2,1-9H3,(H,34,41)(H,35,42)(H,37,40)/t22-,26-,28+/m0/s1. The number of rotatable bonds is 13. The van der Waals surface area contributed by atoms with E-state index in [1.165, 1.54) is 7.11 Å². The van der Waals surface area contributed by atoms with Crippen LogP contribution in [0.15, 0.2) is 59.6 Å². The molecule has 0 aliphatic carbocycles. The molecule has 3 amide bonds. The maximum absolute atomic E-state index is 13.4. The molecule has 43 heavy (non-hydrogen) atoms. The van der Waals surface area contributed by atoms with Crippen LogP contribution in [-0.2, 0) is 32.2 Å². The summed E-state index contributed by atoms with van der Waals surface area (Å²) in [5, 5.41) is 8.36. The predicted molar refractivity (Wildman–Crippen MR) is 169 cm³/mol. The van der Waals surface area contributed by atoms with Gasteiger partial charge in [0.25, 0.3) is 11.8 Å². The van der Waals surface area contributed by atoms with E-state index in [4.69, 9.17) is 4.74 Å². The highest BCUT2D eigenvalue weighted by Gasteiger charge is 2.35. The topological polar surface area (TPSA) is 129 Å². The molecule has 2 aromatic rings. The van der Waals surface area contributed by atoms with Gasteiger partial charge in [-0.1, -0.05) is 77.1 Å². The number of methoxy groups -OCH3 is 1. The lowest BCUT2D eigenvalue weighted by atomic mass is 9.85. The van der Waals surface area contributed by atoms with E-state index in [1.807, 2.05) is 65.2 Å². The number of carbonyl (C=O) groups excluding carboxylic acids is 4. The number of hydrogen-bond donors (Lipinski definition) is 3. The molecular formula is C33H47N5O5. The predicted octanol–water partition coefficient (Wildman–Crippen LogP) is 3.35. The summed E-state index contributed by atoms with van der Waals surface area (Å²) >= 11 is 0. The van der Waals surface area contributed by atoms with Gasteiger partial charge >= 0.3 is 0 Å². The number of nitrogens with zero attached hydrogens (tertiary/aromatic N) is 2. The smallest absolute Gasteiger partial charge is 0.289 e. The van der Waals surface area contributed by atoms with Crippen LogP contribution in [0.2, 0.25) is 0 Å². The minimum Gasteiger partial charge on any atom is -0.483 e. The summed E-state index contributed by atoms with van der Waals surface area (Å²) in [6, 6.07) is 13.8. The lowest BCUT2D eigenvalue weighted by Gasteiger charge is -2.31. The first-order valence-electron chi connectivity index (χ1n) is 14.5. The molecule has 0 aliphatic rings. The van der Waals surface area contributed by atoms with Crippen molar-refractivity contribution in [2.45, 2.75) is 72.8 Å². The van der Waals surface area contributed by atoms with Crippen LogP contribution in [0.5, 0.6) is 0 Å². The van der Waals surface area contributed by atoms with E-state index in [2.05, 4.69) is 25.8 Å². The van der Waals surface area contributed by atoms with Crippen LogP contribution in [0.3, 0.4) is 0 Å². The highest BCUT2D eigenvalue weighted by molar-refractivity contribution is 6.38. The molecule has 234 valence electrons. The van der Waals surface area contributed by atoms with Gasteiger partial charge in [-0.25, -0.2) is 4.99 Å². The quantitative estimate of drug-likeness (QED) is 0.186. The fourth-order valence-corrected chi connectivity index (χ4v) is 4.36. The average Bonchev–Trinajstić information content (AvgIpc) is 2.94. The Bertz CT molecular complexity index is 1270. The van der Waals surface area contributed by atoms with Gasteiger partial charge in [-0.15, -0.1) is 0 Å². The number of amides is 3. The molecule has 0 aromatic heterocycles. The Morgan fingerprint density at radius 2 is 1.47 bits per heavy atom. The van der Waals surface area contributed by atoms with Crippen LogP contribution in [0.1, 0.15) is 63.0 Å². The van der Waals surface area contributed by atoms with Crippen molar-refractivity contribution >= 4 is 29.4 Å². The van der Waals surface area contributed by atoms with Crippen molar-refractivity contribution in [1.29, 1.82) is 0 Å². The fraction of sp³-hybridized carbons (Fsp3) is 0.485. The van der Waals surface area contributed by atoms with Gasteiger partial charge in [-0.05, 0) is 55.6 Å². The van der Waals surface area contributed by atoms with Gasteiger partial charge in [0.05, 0.1) is 7.11 Å². The molecule has 0 unspecified atom stereocenters. The van der Waals surface area contributed by atoms with E-state index < -0.39 is 41.1 Å².